The molecule has 1 heterocycles. The quantitative estimate of drug-likeness (QED) is 0.786. The topological polar surface area (TPSA) is 34.1 Å². The highest BCUT2D eigenvalue weighted by Gasteiger charge is 2.06. The number of aromatic nitrogens is 1. The standard InChI is InChI=1S/C11H16BrClN2O/c1-16-8-11(2-3-13)15-6-9-4-10(12)7-14-5-9/h4-5,7,11,15H,2-3,6,8H2,1H3. The molecule has 0 aliphatic heterocycles. The van der Waals surface area contributed by atoms with Crippen LogP contribution in [0.2, 0.25) is 0 Å². The van der Waals surface area contributed by atoms with Crippen LogP contribution in [0.25, 0.3) is 0 Å². The van der Waals surface area contributed by atoms with Gasteiger partial charge in [0.1, 0.15) is 0 Å². The fourth-order valence-corrected chi connectivity index (χ4v) is 2.07. The van der Waals surface area contributed by atoms with Crippen LogP contribution in [0.5, 0.6) is 0 Å². The number of hydrogen-bond acceptors (Lipinski definition) is 3. The molecule has 16 heavy (non-hydrogen) atoms. The monoisotopic (exact) mass is 306 g/mol. The van der Waals surface area contributed by atoms with Gasteiger partial charge in [-0.15, -0.1) is 11.6 Å². The first-order valence-electron chi connectivity index (χ1n) is 5.14. The van der Waals surface area contributed by atoms with E-state index in [-0.39, 0.29) is 0 Å². The summed E-state index contributed by atoms with van der Waals surface area (Å²) in [5.74, 6) is 0.637. The van der Waals surface area contributed by atoms with E-state index >= 15 is 0 Å². The van der Waals surface area contributed by atoms with Crippen LogP contribution in [-0.2, 0) is 11.3 Å². The number of hydrogen-bond donors (Lipinski definition) is 1. The van der Waals surface area contributed by atoms with E-state index in [2.05, 4.69) is 26.2 Å². The average molecular weight is 308 g/mol. The molecule has 0 saturated carbocycles. The van der Waals surface area contributed by atoms with Crippen molar-refractivity contribution in [1.29, 1.82) is 0 Å². The first-order valence-corrected chi connectivity index (χ1v) is 6.46. The summed E-state index contributed by atoms with van der Waals surface area (Å²) in [6.45, 7) is 1.45. The van der Waals surface area contributed by atoms with E-state index in [9.17, 15) is 0 Å². The molecule has 1 atom stereocenters. The van der Waals surface area contributed by atoms with E-state index < -0.39 is 0 Å². The van der Waals surface area contributed by atoms with E-state index in [1.807, 2.05) is 12.3 Å². The van der Waals surface area contributed by atoms with Crippen molar-refractivity contribution in [1.82, 2.24) is 10.3 Å². The van der Waals surface area contributed by atoms with E-state index in [1.54, 1.807) is 13.3 Å². The maximum atomic E-state index is 5.72. The summed E-state index contributed by atoms with van der Waals surface area (Å²) >= 11 is 9.12. The smallest absolute Gasteiger partial charge is 0.0616 e. The van der Waals surface area contributed by atoms with Crippen molar-refractivity contribution in [3.8, 4) is 0 Å². The average Bonchev–Trinajstić information content (AvgIpc) is 2.27. The Kier molecular flexibility index (Phi) is 6.96. The molecule has 1 aromatic rings. The molecule has 0 fully saturated rings. The van der Waals surface area contributed by atoms with Crippen LogP contribution >= 0.6 is 27.5 Å². The Labute approximate surface area is 110 Å². The Bertz CT molecular complexity index is 306. The summed E-state index contributed by atoms with van der Waals surface area (Å²) in [5.41, 5.74) is 1.14. The third-order valence-electron chi connectivity index (χ3n) is 2.18. The summed E-state index contributed by atoms with van der Waals surface area (Å²) in [5, 5.41) is 3.39. The van der Waals surface area contributed by atoms with Gasteiger partial charge < -0.3 is 10.1 Å². The summed E-state index contributed by atoms with van der Waals surface area (Å²) in [7, 11) is 1.70. The van der Waals surface area contributed by atoms with Crippen molar-refractivity contribution < 1.29 is 4.74 Å². The maximum Gasteiger partial charge on any atom is 0.0616 e. The van der Waals surface area contributed by atoms with Gasteiger partial charge in [0.15, 0.2) is 0 Å². The fourth-order valence-electron chi connectivity index (χ4n) is 1.39. The highest BCUT2D eigenvalue weighted by Crippen LogP contribution is 2.09. The van der Waals surface area contributed by atoms with Crippen molar-refractivity contribution in [2.24, 2.45) is 0 Å². The predicted molar refractivity (Wildman–Crippen MR) is 69.8 cm³/mol. The maximum absolute atomic E-state index is 5.72. The zero-order valence-corrected chi connectivity index (χ0v) is 11.6. The molecule has 1 aromatic heterocycles. The molecular formula is C11H16BrClN2O. The van der Waals surface area contributed by atoms with Gasteiger partial charge in [-0.05, 0) is 34.0 Å². The molecule has 1 rings (SSSR count). The van der Waals surface area contributed by atoms with Crippen LogP contribution in [0.1, 0.15) is 12.0 Å². The molecular weight excluding hydrogens is 291 g/mol. The van der Waals surface area contributed by atoms with Crippen LogP contribution < -0.4 is 5.32 Å². The minimum absolute atomic E-state index is 0.293. The largest absolute Gasteiger partial charge is 0.383 e. The minimum Gasteiger partial charge on any atom is -0.383 e. The summed E-state index contributed by atoms with van der Waals surface area (Å²) in [6.07, 6.45) is 4.52. The van der Waals surface area contributed by atoms with E-state index in [4.69, 9.17) is 16.3 Å². The SMILES string of the molecule is COCC(CCCl)NCc1cncc(Br)c1. The first kappa shape index (κ1) is 13.9. The van der Waals surface area contributed by atoms with Crippen molar-refractivity contribution in [2.45, 2.75) is 19.0 Å². The lowest BCUT2D eigenvalue weighted by Crippen LogP contribution is -2.33. The number of rotatable bonds is 7. The van der Waals surface area contributed by atoms with E-state index in [0.29, 0.717) is 18.5 Å². The second kappa shape index (κ2) is 8.01. The molecule has 0 radical (unpaired) electrons. The van der Waals surface area contributed by atoms with Crippen LogP contribution in [-0.4, -0.2) is 30.6 Å². The fraction of sp³-hybridized carbons (Fsp3) is 0.545. The molecule has 1 unspecified atom stereocenters. The van der Waals surface area contributed by atoms with Gasteiger partial charge in [-0.3, -0.25) is 4.98 Å². The number of nitrogens with zero attached hydrogens (tertiary/aromatic N) is 1. The molecule has 0 bridgehead atoms. The van der Waals surface area contributed by atoms with Gasteiger partial charge >= 0.3 is 0 Å². The Morgan fingerprint density at radius 2 is 2.38 bits per heavy atom. The third-order valence-corrected chi connectivity index (χ3v) is 2.83. The second-order valence-electron chi connectivity index (χ2n) is 3.52. The number of pyridine rings is 1. The van der Waals surface area contributed by atoms with Gasteiger partial charge in [0.05, 0.1) is 6.61 Å². The Balaban J connectivity index is 2.41. The normalized spacial score (nSPS) is 12.7. The van der Waals surface area contributed by atoms with Crippen molar-refractivity contribution in [3.05, 3.63) is 28.5 Å². The van der Waals surface area contributed by atoms with E-state index in [0.717, 1.165) is 23.0 Å². The minimum atomic E-state index is 0.293. The number of methoxy groups -OCH3 is 1. The van der Waals surface area contributed by atoms with Crippen molar-refractivity contribution in [2.75, 3.05) is 19.6 Å². The number of nitrogens with one attached hydrogen (secondary N) is 1. The molecule has 5 heteroatoms. The predicted octanol–water partition coefficient (Wildman–Crippen LogP) is 2.58. The highest BCUT2D eigenvalue weighted by atomic mass is 79.9. The highest BCUT2D eigenvalue weighted by molar-refractivity contribution is 9.10. The van der Waals surface area contributed by atoms with Gasteiger partial charge in [-0.1, -0.05) is 0 Å². The lowest BCUT2D eigenvalue weighted by Gasteiger charge is -2.16. The zero-order valence-electron chi connectivity index (χ0n) is 9.25. The Morgan fingerprint density at radius 3 is 3.00 bits per heavy atom. The van der Waals surface area contributed by atoms with Crippen LogP contribution in [0.4, 0.5) is 0 Å². The molecule has 0 saturated heterocycles. The van der Waals surface area contributed by atoms with Crippen LogP contribution in [0.15, 0.2) is 22.9 Å². The molecule has 90 valence electrons. The zero-order chi connectivity index (χ0) is 11.8. The second-order valence-corrected chi connectivity index (χ2v) is 4.82. The van der Waals surface area contributed by atoms with Gasteiger partial charge in [-0.25, -0.2) is 0 Å². The molecule has 0 aliphatic rings. The lowest BCUT2D eigenvalue weighted by atomic mass is 10.2. The number of alkyl halides is 1. The van der Waals surface area contributed by atoms with Crippen LogP contribution in [0, 0.1) is 0 Å². The van der Waals surface area contributed by atoms with Crippen molar-refractivity contribution in [3.63, 3.8) is 0 Å². The summed E-state index contributed by atoms with van der Waals surface area (Å²) in [4.78, 5) is 4.11. The van der Waals surface area contributed by atoms with Gasteiger partial charge in [0.2, 0.25) is 0 Å². The molecule has 1 N–H and O–H groups in total. The summed E-state index contributed by atoms with van der Waals surface area (Å²) < 4.78 is 6.12. The first-order chi connectivity index (χ1) is 7.76. The Hall–Kier alpha value is -0.160. The van der Waals surface area contributed by atoms with Gasteiger partial charge in [0, 0.05) is 42.4 Å². The molecule has 0 amide bonds. The van der Waals surface area contributed by atoms with E-state index in [1.165, 1.54) is 0 Å². The number of ether oxygens (including phenoxy) is 1. The van der Waals surface area contributed by atoms with Gasteiger partial charge in [0.25, 0.3) is 0 Å². The Morgan fingerprint density at radius 1 is 1.56 bits per heavy atom. The molecule has 3 nitrogen and oxygen atoms in total. The number of halogens is 2. The summed E-state index contributed by atoms with van der Waals surface area (Å²) in [6, 6.07) is 2.34. The third kappa shape index (κ3) is 5.25. The molecule has 0 aliphatic carbocycles. The van der Waals surface area contributed by atoms with Gasteiger partial charge in [-0.2, -0.15) is 0 Å². The van der Waals surface area contributed by atoms with Crippen molar-refractivity contribution >= 4 is 27.5 Å². The lowest BCUT2D eigenvalue weighted by molar-refractivity contribution is 0.164. The van der Waals surface area contributed by atoms with Crippen LogP contribution in [0.3, 0.4) is 0 Å². The molecule has 0 aromatic carbocycles. The molecule has 0 spiro atoms.